The average molecular weight is 345 g/mol. The predicted molar refractivity (Wildman–Crippen MR) is 88.7 cm³/mol. The highest BCUT2D eigenvalue weighted by molar-refractivity contribution is 5.90. The van der Waals surface area contributed by atoms with Crippen molar-refractivity contribution in [3.8, 4) is 11.1 Å². The van der Waals surface area contributed by atoms with E-state index in [4.69, 9.17) is 0 Å². The fraction of sp³-hybridized carbons (Fsp3) is 0.278. The lowest BCUT2D eigenvalue weighted by Gasteiger charge is -2.14. The normalized spacial score (nSPS) is 12.5. The molecule has 0 aliphatic carbocycles. The number of aromatic nitrogens is 3. The summed E-state index contributed by atoms with van der Waals surface area (Å²) < 4.78 is 28.4. The van der Waals surface area contributed by atoms with Crippen molar-refractivity contribution < 1.29 is 18.7 Å². The Morgan fingerprint density at radius 3 is 2.64 bits per heavy atom. The highest BCUT2D eigenvalue weighted by Crippen LogP contribution is 2.31. The largest absolute Gasteiger partial charge is 0.478 e. The van der Waals surface area contributed by atoms with Crippen molar-refractivity contribution >= 4 is 11.6 Å². The van der Waals surface area contributed by atoms with Crippen LogP contribution < -0.4 is 0 Å². The molecule has 3 rings (SSSR count). The number of rotatable bonds is 4. The fourth-order valence-electron chi connectivity index (χ4n) is 2.93. The number of aromatic carboxylic acids is 1. The first-order valence-corrected chi connectivity index (χ1v) is 7.92. The second-order valence-electron chi connectivity index (χ2n) is 6.00. The van der Waals surface area contributed by atoms with E-state index < -0.39 is 17.6 Å². The van der Waals surface area contributed by atoms with Crippen LogP contribution in [0.25, 0.3) is 16.8 Å². The Morgan fingerprint density at radius 2 is 2.04 bits per heavy atom. The molecule has 7 heteroatoms. The predicted octanol–water partition coefficient (Wildman–Crippen LogP) is 4.19. The maximum Gasteiger partial charge on any atom is 0.339 e. The van der Waals surface area contributed by atoms with Crippen LogP contribution in [0.4, 0.5) is 8.78 Å². The van der Waals surface area contributed by atoms with E-state index in [1.165, 1.54) is 16.8 Å². The Morgan fingerprint density at radius 1 is 1.32 bits per heavy atom. The third kappa shape index (κ3) is 2.75. The van der Waals surface area contributed by atoms with E-state index >= 15 is 0 Å². The van der Waals surface area contributed by atoms with Crippen LogP contribution in [-0.2, 0) is 0 Å². The number of carboxylic acids is 1. The smallest absolute Gasteiger partial charge is 0.339 e. The number of benzene rings is 1. The SMILES string of the molecule is CCC(C)c1c(C(=O)O)cnc2c(-c3ccc(F)c(F)c3)c(C)nn12. The molecular weight excluding hydrogens is 328 g/mol. The summed E-state index contributed by atoms with van der Waals surface area (Å²) in [6.07, 6.45) is 2.02. The van der Waals surface area contributed by atoms with Crippen molar-refractivity contribution in [3.05, 3.63) is 53.0 Å². The van der Waals surface area contributed by atoms with Gasteiger partial charge in [0.25, 0.3) is 0 Å². The van der Waals surface area contributed by atoms with Crippen LogP contribution >= 0.6 is 0 Å². The molecule has 130 valence electrons. The van der Waals surface area contributed by atoms with Gasteiger partial charge in [0, 0.05) is 11.8 Å². The third-order valence-corrected chi connectivity index (χ3v) is 4.37. The summed E-state index contributed by atoms with van der Waals surface area (Å²) >= 11 is 0. The Bertz CT molecular complexity index is 982. The van der Waals surface area contributed by atoms with Gasteiger partial charge in [0.1, 0.15) is 0 Å². The topological polar surface area (TPSA) is 67.5 Å². The summed E-state index contributed by atoms with van der Waals surface area (Å²) in [5, 5.41) is 13.9. The van der Waals surface area contributed by atoms with Crippen molar-refractivity contribution in [2.24, 2.45) is 0 Å². The number of hydrogen-bond acceptors (Lipinski definition) is 3. The summed E-state index contributed by atoms with van der Waals surface area (Å²) in [6.45, 7) is 5.59. The molecule has 0 spiro atoms. The summed E-state index contributed by atoms with van der Waals surface area (Å²) in [7, 11) is 0. The van der Waals surface area contributed by atoms with Crippen LogP contribution in [0.15, 0.2) is 24.4 Å². The molecule has 0 radical (unpaired) electrons. The third-order valence-electron chi connectivity index (χ3n) is 4.37. The maximum absolute atomic E-state index is 13.6. The van der Waals surface area contributed by atoms with Crippen LogP contribution in [-0.4, -0.2) is 25.7 Å². The van der Waals surface area contributed by atoms with Gasteiger partial charge in [-0.3, -0.25) is 0 Å². The standard InChI is InChI=1S/C18H17F2N3O2/c1-4-9(2)16-12(18(24)25)8-21-17-15(10(3)22-23(16)17)11-5-6-13(19)14(20)7-11/h5-9H,4H2,1-3H3,(H,24,25). The zero-order valence-electron chi connectivity index (χ0n) is 14.0. The Kier molecular flexibility index (Phi) is 4.24. The Balaban J connectivity index is 2.34. The van der Waals surface area contributed by atoms with E-state index in [2.05, 4.69) is 10.1 Å². The minimum Gasteiger partial charge on any atom is -0.478 e. The first-order valence-electron chi connectivity index (χ1n) is 7.92. The summed E-state index contributed by atoms with van der Waals surface area (Å²) in [6, 6.07) is 3.60. The molecule has 0 saturated carbocycles. The van der Waals surface area contributed by atoms with Crippen LogP contribution in [0, 0.1) is 18.6 Å². The van der Waals surface area contributed by atoms with E-state index in [0.717, 1.165) is 18.6 Å². The van der Waals surface area contributed by atoms with Crippen molar-refractivity contribution in [1.29, 1.82) is 0 Å². The zero-order valence-corrected chi connectivity index (χ0v) is 14.0. The molecule has 0 fully saturated rings. The van der Waals surface area contributed by atoms with Crippen LogP contribution in [0.2, 0.25) is 0 Å². The molecule has 1 atom stereocenters. The van der Waals surface area contributed by atoms with Gasteiger partial charge in [0.15, 0.2) is 17.3 Å². The van der Waals surface area contributed by atoms with Gasteiger partial charge < -0.3 is 5.11 Å². The molecule has 0 aliphatic rings. The van der Waals surface area contributed by atoms with E-state index in [1.807, 2.05) is 13.8 Å². The molecule has 0 saturated heterocycles. The number of carboxylic acid groups (broad SMARTS) is 1. The molecule has 3 aromatic rings. The lowest BCUT2D eigenvalue weighted by molar-refractivity contribution is 0.0693. The molecule has 2 aromatic heterocycles. The van der Waals surface area contributed by atoms with E-state index in [1.54, 1.807) is 6.92 Å². The fourth-order valence-corrected chi connectivity index (χ4v) is 2.93. The van der Waals surface area contributed by atoms with Gasteiger partial charge in [-0.05, 0) is 37.0 Å². The van der Waals surface area contributed by atoms with Gasteiger partial charge in [-0.15, -0.1) is 0 Å². The summed E-state index contributed by atoms with van der Waals surface area (Å²) in [5.74, 6) is -3.03. The average Bonchev–Trinajstić information content (AvgIpc) is 2.91. The zero-order chi connectivity index (χ0) is 18.3. The van der Waals surface area contributed by atoms with Crippen LogP contribution in [0.5, 0.6) is 0 Å². The van der Waals surface area contributed by atoms with Crippen LogP contribution in [0.1, 0.15) is 47.9 Å². The molecule has 25 heavy (non-hydrogen) atoms. The minimum absolute atomic E-state index is 0.0614. The molecule has 0 bridgehead atoms. The molecule has 0 amide bonds. The van der Waals surface area contributed by atoms with E-state index in [-0.39, 0.29) is 11.5 Å². The van der Waals surface area contributed by atoms with Gasteiger partial charge in [0.2, 0.25) is 0 Å². The van der Waals surface area contributed by atoms with Crippen LogP contribution in [0.3, 0.4) is 0 Å². The number of nitrogens with zero attached hydrogens (tertiary/aromatic N) is 3. The quantitative estimate of drug-likeness (QED) is 0.770. The molecule has 2 heterocycles. The van der Waals surface area contributed by atoms with Gasteiger partial charge in [0.05, 0.1) is 17.0 Å². The number of carbonyl (C=O) groups is 1. The highest BCUT2D eigenvalue weighted by Gasteiger charge is 2.23. The van der Waals surface area contributed by atoms with Crippen molar-refractivity contribution in [1.82, 2.24) is 14.6 Å². The second kappa shape index (κ2) is 6.23. The molecule has 5 nitrogen and oxygen atoms in total. The summed E-state index contributed by atoms with van der Waals surface area (Å²) in [5.41, 5.74) is 2.60. The molecule has 1 unspecified atom stereocenters. The molecular formula is C18H17F2N3O2. The molecule has 1 aromatic carbocycles. The minimum atomic E-state index is -1.08. The van der Waals surface area contributed by atoms with Gasteiger partial charge in [-0.2, -0.15) is 5.10 Å². The van der Waals surface area contributed by atoms with E-state index in [0.29, 0.717) is 28.2 Å². The second-order valence-corrected chi connectivity index (χ2v) is 6.00. The van der Waals surface area contributed by atoms with Gasteiger partial charge in [-0.25, -0.2) is 23.1 Å². The first kappa shape index (κ1) is 17.0. The first-order chi connectivity index (χ1) is 11.8. The number of fused-ring (bicyclic) bond motifs is 1. The lowest BCUT2D eigenvalue weighted by Crippen LogP contribution is -2.13. The summed E-state index contributed by atoms with van der Waals surface area (Å²) in [4.78, 5) is 15.8. The number of halogens is 2. The monoisotopic (exact) mass is 345 g/mol. The Labute approximate surface area is 142 Å². The highest BCUT2D eigenvalue weighted by atomic mass is 19.2. The maximum atomic E-state index is 13.6. The lowest BCUT2D eigenvalue weighted by atomic mass is 10.00. The van der Waals surface area contributed by atoms with Gasteiger partial charge in [-0.1, -0.05) is 19.9 Å². The van der Waals surface area contributed by atoms with E-state index in [9.17, 15) is 18.7 Å². The molecule has 1 N–H and O–H groups in total. The van der Waals surface area contributed by atoms with Crippen molar-refractivity contribution in [2.45, 2.75) is 33.1 Å². The van der Waals surface area contributed by atoms with Crippen molar-refractivity contribution in [2.75, 3.05) is 0 Å². The molecule has 0 aliphatic heterocycles. The van der Waals surface area contributed by atoms with Crippen molar-refractivity contribution in [3.63, 3.8) is 0 Å². The number of hydrogen-bond donors (Lipinski definition) is 1. The number of aryl methyl sites for hydroxylation is 1. The Hall–Kier alpha value is -2.83. The van der Waals surface area contributed by atoms with Gasteiger partial charge >= 0.3 is 5.97 Å².